The van der Waals surface area contributed by atoms with Crippen molar-refractivity contribution in [3.63, 3.8) is 0 Å². The number of nitrogens with one attached hydrogen (secondary N) is 1. The minimum absolute atomic E-state index is 0.0915. The molecule has 0 aliphatic heterocycles. The van der Waals surface area contributed by atoms with E-state index in [1.165, 1.54) is 25.7 Å². The van der Waals surface area contributed by atoms with E-state index in [1.807, 2.05) is 0 Å². The van der Waals surface area contributed by atoms with Gasteiger partial charge in [0.25, 0.3) is 0 Å². The van der Waals surface area contributed by atoms with Crippen LogP contribution in [0.1, 0.15) is 71.6 Å². The van der Waals surface area contributed by atoms with Gasteiger partial charge >= 0.3 is 0 Å². The lowest BCUT2D eigenvalue weighted by Gasteiger charge is -2.37. The maximum atomic E-state index is 12.4. The molecule has 2 aliphatic carbocycles. The first-order valence-corrected chi connectivity index (χ1v) is 8.52. The van der Waals surface area contributed by atoms with Crippen molar-refractivity contribution >= 4 is 5.91 Å². The summed E-state index contributed by atoms with van der Waals surface area (Å²) in [5.41, 5.74) is 6.08. The van der Waals surface area contributed by atoms with Crippen LogP contribution < -0.4 is 11.1 Å². The molecule has 20 heavy (non-hydrogen) atoms. The number of nitrogens with two attached hydrogens (primary N) is 1. The van der Waals surface area contributed by atoms with Gasteiger partial charge < -0.3 is 11.1 Å². The fourth-order valence-electron chi connectivity index (χ4n) is 4.44. The van der Waals surface area contributed by atoms with E-state index in [9.17, 15) is 4.79 Å². The molecule has 3 N–H and O–H groups in total. The molecule has 2 aliphatic rings. The number of amides is 1. The summed E-state index contributed by atoms with van der Waals surface area (Å²) in [4.78, 5) is 12.4. The molecule has 1 amide bonds. The topological polar surface area (TPSA) is 55.1 Å². The average molecular weight is 280 g/mol. The number of carbonyl (C=O) groups is 1. The molecule has 2 unspecified atom stereocenters. The second-order valence-corrected chi connectivity index (χ2v) is 7.62. The van der Waals surface area contributed by atoms with Gasteiger partial charge in [0.05, 0.1) is 0 Å². The molecule has 0 spiro atoms. The molecule has 0 heterocycles. The lowest BCUT2D eigenvalue weighted by Crippen LogP contribution is -2.44. The molecular weight excluding hydrogens is 248 g/mol. The van der Waals surface area contributed by atoms with Gasteiger partial charge in [0.2, 0.25) is 5.91 Å². The van der Waals surface area contributed by atoms with Crippen molar-refractivity contribution in [3.8, 4) is 0 Å². The second-order valence-electron chi connectivity index (χ2n) is 7.62. The minimum Gasteiger partial charge on any atom is -0.353 e. The molecule has 0 saturated heterocycles. The lowest BCUT2D eigenvalue weighted by molar-refractivity contribution is -0.125. The van der Waals surface area contributed by atoms with Gasteiger partial charge in [-0.3, -0.25) is 4.79 Å². The van der Waals surface area contributed by atoms with Crippen molar-refractivity contribution in [2.75, 3.05) is 6.54 Å². The van der Waals surface area contributed by atoms with Gasteiger partial charge in [0.1, 0.15) is 0 Å². The highest BCUT2D eigenvalue weighted by molar-refractivity contribution is 5.77. The van der Waals surface area contributed by atoms with Crippen LogP contribution in [0.3, 0.4) is 0 Å². The third-order valence-electron chi connectivity index (χ3n) is 5.43. The van der Waals surface area contributed by atoms with Crippen molar-refractivity contribution in [1.29, 1.82) is 0 Å². The van der Waals surface area contributed by atoms with Crippen LogP contribution >= 0.6 is 0 Å². The van der Waals surface area contributed by atoms with Crippen molar-refractivity contribution < 1.29 is 4.79 Å². The Kier molecular flexibility index (Phi) is 5.48. The molecule has 0 radical (unpaired) electrons. The van der Waals surface area contributed by atoms with Crippen LogP contribution in [-0.4, -0.2) is 18.5 Å². The Morgan fingerprint density at radius 2 is 1.70 bits per heavy atom. The first kappa shape index (κ1) is 15.8. The van der Waals surface area contributed by atoms with Crippen molar-refractivity contribution in [2.45, 2.75) is 77.7 Å². The van der Waals surface area contributed by atoms with E-state index in [0.29, 0.717) is 19.0 Å². The summed E-state index contributed by atoms with van der Waals surface area (Å²) in [6, 6.07) is 0.389. The fraction of sp³-hybridized carbons (Fsp3) is 0.941. The maximum Gasteiger partial charge on any atom is 0.220 e. The zero-order valence-electron chi connectivity index (χ0n) is 13.3. The van der Waals surface area contributed by atoms with Gasteiger partial charge in [-0.1, -0.05) is 33.1 Å². The predicted octanol–water partition coefficient (Wildman–Crippen LogP) is 3.23. The highest BCUT2D eigenvalue weighted by Gasteiger charge is 2.34. The fourth-order valence-corrected chi connectivity index (χ4v) is 4.44. The summed E-state index contributed by atoms with van der Waals surface area (Å²) in [7, 11) is 0. The summed E-state index contributed by atoms with van der Waals surface area (Å²) in [6.45, 7) is 5.27. The molecule has 2 atom stereocenters. The Bertz CT molecular complexity index is 313. The standard InChI is InChI=1S/C17H32N2O/c1-13-8-14(2)10-15(9-13)19-16(20)11-17(12-18)6-4-3-5-7-17/h13-15H,3-12,18H2,1-2H3,(H,19,20). The lowest BCUT2D eigenvalue weighted by atomic mass is 9.71. The highest BCUT2D eigenvalue weighted by atomic mass is 16.1. The normalized spacial score (nSPS) is 33.6. The molecule has 2 fully saturated rings. The van der Waals surface area contributed by atoms with Crippen LogP contribution in [0, 0.1) is 17.3 Å². The Morgan fingerprint density at radius 1 is 1.10 bits per heavy atom. The molecular formula is C17H32N2O. The SMILES string of the molecule is CC1CC(C)CC(NC(=O)CC2(CN)CCCCC2)C1. The minimum atomic E-state index is 0.0915. The zero-order chi connectivity index (χ0) is 14.6. The van der Waals surface area contributed by atoms with E-state index in [-0.39, 0.29) is 11.3 Å². The Balaban J connectivity index is 1.84. The summed E-state index contributed by atoms with van der Waals surface area (Å²) in [5.74, 6) is 1.72. The Hall–Kier alpha value is -0.570. The van der Waals surface area contributed by atoms with Crippen molar-refractivity contribution in [1.82, 2.24) is 5.32 Å². The first-order chi connectivity index (χ1) is 9.53. The number of carbonyl (C=O) groups excluding carboxylic acids is 1. The molecule has 2 saturated carbocycles. The molecule has 0 aromatic carbocycles. The van der Waals surface area contributed by atoms with Gasteiger partial charge in [0.15, 0.2) is 0 Å². The average Bonchev–Trinajstić information content (AvgIpc) is 2.38. The number of hydrogen-bond donors (Lipinski definition) is 2. The Labute approximate surface area is 124 Å². The molecule has 2 rings (SSSR count). The first-order valence-electron chi connectivity index (χ1n) is 8.52. The van der Waals surface area contributed by atoms with Crippen LogP contribution in [0.5, 0.6) is 0 Å². The van der Waals surface area contributed by atoms with E-state index in [4.69, 9.17) is 5.73 Å². The third kappa shape index (κ3) is 4.21. The van der Waals surface area contributed by atoms with Crippen LogP contribution in [0.2, 0.25) is 0 Å². The predicted molar refractivity (Wildman–Crippen MR) is 83.3 cm³/mol. The number of rotatable bonds is 4. The summed E-state index contributed by atoms with van der Waals surface area (Å²) < 4.78 is 0. The molecule has 0 aromatic heterocycles. The van der Waals surface area contributed by atoms with Crippen LogP contribution in [0.25, 0.3) is 0 Å². The van der Waals surface area contributed by atoms with Gasteiger partial charge in [0, 0.05) is 12.5 Å². The monoisotopic (exact) mass is 280 g/mol. The summed E-state index contributed by atoms with van der Waals surface area (Å²) >= 11 is 0. The van der Waals surface area contributed by atoms with Gasteiger partial charge in [-0.15, -0.1) is 0 Å². The molecule has 116 valence electrons. The quantitative estimate of drug-likeness (QED) is 0.830. The Morgan fingerprint density at radius 3 is 2.25 bits per heavy atom. The summed E-state index contributed by atoms with van der Waals surface area (Å²) in [6.07, 6.45) is 10.3. The van der Waals surface area contributed by atoms with Gasteiger partial charge in [-0.25, -0.2) is 0 Å². The molecule has 0 aromatic rings. The summed E-state index contributed by atoms with van der Waals surface area (Å²) in [5, 5.41) is 3.29. The third-order valence-corrected chi connectivity index (χ3v) is 5.43. The zero-order valence-corrected chi connectivity index (χ0v) is 13.3. The molecule has 3 heteroatoms. The van der Waals surface area contributed by atoms with Gasteiger partial charge in [-0.2, -0.15) is 0 Å². The van der Waals surface area contributed by atoms with Crippen LogP contribution in [0.4, 0.5) is 0 Å². The maximum absolute atomic E-state index is 12.4. The molecule has 0 bridgehead atoms. The largest absolute Gasteiger partial charge is 0.353 e. The van der Waals surface area contributed by atoms with Crippen molar-refractivity contribution in [2.24, 2.45) is 23.0 Å². The smallest absolute Gasteiger partial charge is 0.220 e. The molecule has 3 nitrogen and oxygen atoms in total. The van der Waals surface area contributed by atoms with E-state index < -0.39 is 0 Å². The van der Waals surface area contributed by atoms with E-state index in [0.717, 1.165) is 37.5 Å². The second kappa shape index (κ2) is 6.93. The van der Waals surface area contributed by atoms with Gasteiger partial charge in [-0.05, 0) is 55.9 Å². The van der Waals surface area contributed by atoms with E-state index in [2.05, 4.69) is 19.2 Å². The van der Waals surface area contributed by atoms with E-state index >= 15 is 0 Å². The van der Waals surface area contributed by atoms with Crippen LogP contribution in [0.15, 0.2) is 0 Å². The number of hydrogen-bond acceptors (Lipinski definition) is 2. The highest BCUT2D eigenvalue weighted by Crippen LogP contribution is 2.38. The van der Waals surface area contributed by atoms with Crippen molar-refractivity contribution in [3.05, 3.63) is 0 Å². The van der Waals surface area contributed by atoms with Crippen LogP contribution in [-0.2, 0) is 4.79 Å². The van der Waals surface area contributed by atoms with E-state index in [1.54, 1.807) is 0 Å².